The van der Waals surface area contributed by atoms with Gasteiger partial charge in [0, 0.05) is 46.0 Å². The molecule has 0 spiro atoms. The van der Waals surface area contributed by atoms with Crippen molar-refractivity contribution in [2.75, 3.05) is 63.1 Å². The molecule has 3 rings (SSSR count). The third-order valence-electron chi connectivity index (χ3n) is 5.13. The monoisotopic (exact) mass is 432 g/mol. The lowest BCUT2D eigenvalue weighted by atomic mass is 10.2. The topological polar surface area (TPSA) is 73.4 Å². The highest BCUT2D eigenvalue weighted by Crippen LogP contribution is 2.22. The van der Waals surface area contributed by atoms with Gasteiger partial charge in [0.1, 0.15) is 12.3 Å². The van der Waals surface area contributed by atoms with Crippen molar-refractivity contribution in [1.82, 2.24) is 9.21 Å². The lowest BCUT2D eigenvalue weighted by Crippen LogP contribution is -2.53. The molecule has 1 fully saturated rings. The molecule has 2 aromatic carbocycles. The van der Waals surface area contributed by atoms with Gasteiger partial charge in [-0.2, -0.15) is 12.7 Å². The van der Waals surface area contributed by atoms with Gasteiger partial charge in [0.05, 0.1) is 12.8 Å². The predicted molar refractivity (Wildman–Crippen MR) is 118 cm³/mol. The van der Waals surface area contributed by atoms with Crippen LogP contribution in [0, 0.1) is 0 Å². The second-order valence-electron chi connectivity index (χ2n) is 7.20. The average molecular weight is 433 g/mol. The Kier molecular flexibility index (Phi) is 6.84. The van der Waals surface area contributed by atoms with E-state index in [9.17, 15) is 13.2 Å². The van der Waals surface area contributed by atoms with E-state index in [1.54, 1.807) is 36.3 Å². The molecule has 0 atom stereocenters. The Labute approximate surface area is 178 Å². The van der Waals surface area contributed by atoms with Crippen molar-refractivity contribution in [2.45, 2.75) is 0 Å². The Bertz CT molecular complexity index is 941. The SMILES string of the molecule is COc1ccc(N2CCN(C(=O)CN(c3ccccc3)S(=O)(=O)N(C)C)CC2)cc1. The van der Waals surface area contributed by atoms with E-state index in [1.807, 2.05) is 30.3 Å². The molecule has 1 saturated heterocycles. The number of piperazine rings is 1. The Hall–Kier alpha value is -2.78. The molecule has 1 aliphatic heterocycles. The summed E-state index contributed by atoms with van der Waals surface area (Å²) in [5.41, 5.74) is 1.54. The summed E-state index contributed by atoms with van der Waals surface area (Å²) in [4.78, 5) is 16.9. The van der Waals surface area contributed by atoms with Gasteiger partial charge in [-0.15, -0.1) is 0 Å². The number of anilines is 2. The zero-order valence-corrected chi connectivity index (χ0v) is 18.4. The summed E-state index contributed by atoms with van der Waals surface area (Å²) in [7, 11) is 0.768. The van der Waals surface area contributed by atoms with Gasteiger partial charge >= 0.3 is 10.2 Å². The zero-order chi connectivity index (χ0) is 21.7. The molecule has 1 amide bonds. The number of carbonyl (C=O) groups excluding carboxylic acids is 1. The highest BCUT2D eigenvalue weighted by molar-refractivity contribution is 7.90. The van der Waals surface area contributed by atoms with Gasteiger partial charge in [-0.25, -0.2) is 4.31 Å². The fraction of sp³-hybridized carbons (Fsp3) is 0.381. The van der Waals surface area contributed by atoms with E-state index in [-0.39, 0.29) is 12.5 Å². The molecule has 2 aromatic rings. The van der Waals surface area contributed by atoms with Crippen LogP contribution in [0.3, 0.4) is 0 Å². The molecule has 0 bridgehead atoms. The van der Waals surface area contributed by atoms with Crippen LogP contribution in [-0.2, 0) is 15.0 Å². The smallest absolute Gasteiger partial charge is 0.304 e. The average Bonchev–Trinajstić information content (AvgIpc) is 2.78. The van der Waals surface area contributed by atoms with E-state index in [0.717, 1.165) is 20.0 Å². The molecule has 1 heterocycles. The highest BCUT2D eigenvalue weighted by Gasteiger charge is 2.30. The Morgan fingerprint density at radius 1 is 0.967 bits per heavy atom. The van der Waals surface area contributed by atoms with Crippen molar-refractivity contribution in [3.8, 4) is 5.75 Å². The lowest BCUT2D eigenvalue weighted by Gasteiger charge is -2.37. The van der Waals surface area contributed by atoms with Gasteiger partial charge in [-0.05, 0) is 36.4 Å². The molecule has 0 saturated carbocycles. The first kappa shape index (κ1) is 21.9. The van der Waals surface area contributed by atoms with Gasteiger partial charge in [0.25, 0.3) is 0 Å². The normalized spacial score (nSPS) is 14.7. The van der Waals surface area contributed by atoms with E-state index >= 15 is 0 Å². The fourth-order valence-electron chi connectivity index (χ4n) is 3.33. The molecule has 30 heavy (non-hydrogen) atoms. The Morgan fingerprint density at radius 2 is 1.57 bits per heavy atom. The molecule has 0 radical (unpaired) electrons. The Morgan fingerprint density at radius 3 is 2.10 bits per heavy atom. The molecular formula is C21H28N4O4S. The van der Waals surface area contributed by atoms with Gasteiger partial charge in [-0.1, -0.05) is 18.2 Å². The summed E-state index contributed by atoms with van der Waals surface area (Å²) in [6.45, 7) is 2.21. The summed E-state index contributed by atoms with van der Waals surface area (Å²) >= 11 is 0. The number of hydrogen-bond acceptors (Lipinski definition) is 5. The van der Waals surface area contributed by atoms with E-state index in [0.29, 0.717) is 31.9 Å². The van der Waals surface area contributed by atoms with Crippen molar-refractivity contribution in [1.29, 1.82) is 0 Å². The first-order valence-corrected chi connectivity index (χ1v) is 11.1. The maximum Gasteiger partial charge on any atom is 0.304 e. The molecule has 0 aromatic heterocycles. The second kappa shape index (κ2) is 9.36. The number of methoxy groups -OCH3 is 1. The van der Waals surface area contributed by atoms with Gasteiger partial charge in [0.15, 0.2) is 0 Å². The van der Waals surface area contributed by atoms with Crippen LogP contribution < -0.4 is 13.9 Å². The van der Waals surface area contributed by atoms with Gasteiger partial charge in [0.2, 0.25) is 5.91 Å². The summed E-state index contributed by atoms with van der Waals surface area (Å²) in [6.07, 6.45) is 0. The number of amides is 1. The number of nitrogens with zero attached hydrogens (tertiary/aromatic N) is 4. The first-order valence-electron chi connectivity index (χ1n) is 9.75. The molecule has 162 valence electrons. The summed E-state index contributed by atoms with van der Waals surface area (Å²) in [6, 6.07) is 16.5. The minimum atomic E-state index is -3.79. The third kappa shape index (κ3) is 4.85. The maximum atomic E-state index is 12.9. The largest absolute Gasteiger partial charge is 0.497 e. The predicted octanol–water partition coefficient (Wildman–Crippen LogP) is 1.66. The minimum absolute atomic E-state index is 0.210. The van der Waals surface area contributed by atoms with E-state index in [2.05, 4.69) is 4.90 Å². The molecule has 0 aliphatic carbocycles. The molecular weight excluding hydrogens is 404 g/mol. The molecule has 9 heteroatoms. The molecule has 0 unspecified atom stereocenters. The second-order valence-corrected chi connectivity index (χ2v) is 9.26. The number of para-hydroxylation sites is 1. The minimum Gasteiger partial charge on any atom is -0.497 e. The van der Waals surface area contributed by atoms with Crippen molar-refractivity contribution in [2.24, 2.45) is 0 Å². The van der Waals surface area contributed by atoms with Crippen LogP contribution in [0.5, 0.6) is 5.75 Å². The molecule has 1 aliphatic rings. The molecule has 8 nitrogen and oxygen atoms in total. The quantitative estimate of drug-likeness (QED) is 0.665. The van der Waals surface area contributed by atoms with Crippen molar-refractivity contribution < 1.29 is 17.9 Å². The van der Waals surface area contributed by atoms with Crippen molar-refractivity contribution in [3.05, 3.63) is 54.6 Å². The summed E-state index contributed by atoms with van der Waals surface area (Å²) < 4.78 is 33.1. The highest BCUT2D eigenvalue weighted by atomic mass is 32.2. The van der Waals surface area contributed by atoms with Crippen LogP contribution in [0.25, 0.3) is 0 Å². The van der Waals surface area contributed by atoms with Crippen LogP contribution in [-0.4, -0.2) is 77.5 Å². The Balaban J connectivity index is 1.67. The van der Waals surface area contributed by atoms with Crippen LogP contribution in [0.4, 0.5) is 11.4 Å². The van der Waals surface area contributed by atoms with Gasteiger partial charge in [-0.3, -0.25) is 4.79 Å². The number of benzene rings is 2. The third-order valence-corrected chi connectivity index (χ3v) is 6.95. The first-order chi connectivity index (χ1) is 14.3. The number of rotatable bonds is 7. The maximum absolute atomic E-state index is 12.9. The van der Waals surface area contributed by atoms with E-state index in [4.69, 9.17) is 4.74 Å². The van der Waals surface area contributed by atoms with Crippen molar-refractivity contribution >= 4 is 27.5 Å². The van der Waals surface area contributed by atoms with Crippen molar-refractivity contribution in [3.63, 3.8) is 0 Å². The van der Waals surface area contributed by atoms with Crippen LogP contribution in [0.2, 0.25) is 0 Å². The standard InChI is InChI=1S/C21H28N4O4S/c1-22(2)30(27,28)25(19-7-5-4-6-8-19)17-21(26)24-15-13-23(14-16-24)18-9-11-20(29-3)12-10-18/h4-12H,13-17H2,1-3H3. The van der Waals surface area contributed by atoms with Crippen LogP contribution >= 0.6 is 0 Å². The number of ether oxygens (including phenoxy) is 1. The van der Waals surface area contributed by atoms with E-state index in [1.165, 1.54) is 14.1 Å². The number of carbonyl (C=O) groups is 1. The van der Waals surface area contributed by atoms with Crippen LogP contribution in [0.1, 0.15) is 0 Å². The lowest BCUT2D eigenvalue weighted by molar-refractivity contribution is -0.129. The number of hydrogen-bond donors (Lipinski definition) is 0. The summed E-state index contributed by atoms with van der Waals surface area (Å²) in [5, 5.41) is 0. The molecule has 0 N–H and O–H groups in total. The summed E-state index contributed by atoms with van der Waals surface area (Å²) in [5.74, 6) is 0.592. The zero-order valence-electron chi connectivity index (χ0n) is 17.6. The fourth-order valence-corrected chi connectivity index (χ4v) is 4.38. The van der Waals surface area contributed by atoms with E-state index < -0.39 is 10.2 Å². The van der Waals surface area contributed by atoms with Gasteiger partial charge < -0.3 is 14.5 Å². The van der Waals surface area contributed by atoms with Crippen LogP contribution in [0.15, 0.2) is 54.6 Å².